The molecule has 0 bridgehead atoms. The molecule has 1 heterocycles. The summed E-state index contributed by atoms with van der Waals surface area (Å²) in [6, 6.07) is 2.50. The van der Waals surface area contributed by atoms with Crippen LogP contribution in [0.4, 0.5) is 11.6 Å². The molecule has 18 heavy (non-hydrogen) atoms. The zero-order valence-corrected chi connectivity index (χ0v) is 11.7. The molecule has 1 unspecified atom stereocenters. The van der Waals surface area contributed by atoms with Gasteiger partial charge in [-0.25, -0.2) is 9.97 Å². The summed E-state index contributed by atoms with van der Waals surface area (Å²) in [4.78, 5) is 8.52. The molecule has 0 aliphatic heterocycles. The Balaban J connectivity index is 2.06. The van der Waals surface area contributed by atoms with Crippen molar-refractivity contribution in [1.29, 1.82) is 0 Å². The van der Waals surface area contributed by atoms with Gasteiger partial charge in [-0.15, -0.1) is 0 Å². The van der Waals surface area contributed by atoms with E-state index in [4.69, 9.17) is 0 Å². The summed E-state index contributed by atoms with van der Waals surface area (Å²) in [5, 5.41) is 6.79. The zero-order chi connectivity index (χ0) is 13.0. The average Bonchev–Trinajstić information content (AvgIpc) is 2.33. The number of anilines is 2. The predicted octanol–water partition coefficient (Wildman–Crippen LogP) is 3.29. The maximum absolute atomic E-state index is 4.32. The molecule has 0 saturated heterocycles. The second-order valence-electron chi connectivity index (χ2n) is 5.75. The third-order valence-electron chi connectivity index (χ3n) is 3.85. The van der Waals surface area contributed by atoms with Gasteiger partial charge >= 0.3 is 0 Å². The second-order valence-corrected chi connectivity index (χ2v) is 5.75. The molecule has 4 nitrogen and oxygen atoms in total. The van der Waals surface area contributed by atoms with Crippen molar-refractivity contribution in [2.75, 3.05) is 17.2 Å². The molecule has 0 amide bonds. The average molecular weight is 248 g/mol. The minimum absolute atomic E-state index is 0.349. The molecule has 1 saturated carbocycles. The molecule has 1 aromatic rings. The van der Waals surface area contributed by atoms with Gasteiger partial charge < -0.3 is 10.6 Å². The van der Waals surface area contributed by atoms with Crippen LogP contribution in [0, 0.1) is 5.41 Å². The highest BCUT2D eigenvalue weighted by Crippen LogP contribution is 2.37. The first-order chi connectivity index (χ1) is 8.62. The van der Waals surface area contributed by atoms with Gasteiger partial charge in [0.1, 0.15) is 18.0 Å². The van der Waals surface area contributed by atoms with Crippen molar-refractivity contribution in [1.82, 2.24) is 9.97 Å². The number of nitrogens with one attached hydrogen (secondary N) is 2. The number of rotatable bonds is 4. The molecule has 1 aliphatic carbocycles. The zero-order valence-electron chi connectivity index (χ0n) is 11.7. The molecule has 0 spiro atoms. The highest BCUT2D eigenvalue weighted by molar-refractivity contribution is 5.47. The summed E-state index contributed by atoms with van der Waals surface area (Å²) < 4.78 is 0. The number of nitrogens with zero attached hydrogens (tertiary/aromatic N) is 2. The quantitative estimate of drug-likeness (QED) is 0.858. The van der Waals surface area contributed by atoms with Gasteiger partial charge in [0.05, 0.1) is 0 Å². The number of aromatic nitrogens is 2. The molecule has 1 aromatic heterocycles. The Morgan fingerprint density at radius 1 is 1.28 bits per heavy atom. The van der Waals surface area contributed by atoms with Crippen LogP contribution in [0.2, 0.25) is 0 Å². The van der Waals surface area contributed by atoms with E-state index < -0.39 is 0 Å². The van der Waals surface area contributed by atoms with Crippen LogP contribution in [0.15, 0.2) is 12.4 Å². The van der Waals surface area contributed by atoms with Gasteiger partial charge in [-0.05, 0) is 25.2 Å². The Labute approximate surface area is 110 Å². The summed E-state index contributed by atoms with van der Waals surface area (Å²) in [6.45, 7) is 7.64. The fourth-order valence-corrected chi connectivity index (χ4v) is 2.65. The smallest absolute Gasteiger partial charge is 0.131 e. The maximum Gasteiger partial charge on any atom is 0.131 e. The van der Waals surface area contributed by atoms with Crippen molar-refractivity contribution in [2.45, 2.75) is 52.5 Å². The highest BCUT2D eigenvalue weighted by atomic mass is 15.1. The first kappa shape index (κ1) is 13.1. The minimum atomic E-state index is 0.349. The molecule has 2 N–H and O–H groups in total. The monoisotopic (exact) mass is 248 g/mol. The predicted molar refractivity (Wildman–Crippen MR) is 75.9 cm³/mol. The van der Waals surface area contributed by atoms with Crippen LogP contribution in [-0.2, 0) is 0 Å². The van der Waals surface area contributed by atoms with Crippen LogP contribution >= 0.6 is 0 Å². The van der Waals surface area contributed by atoms with E-state index in [0.29, 0.717) is 11.5 Å². The highest BCUT2D eigenvalue weighted by Gasteiger charge is 2.32. The van der Waals surface area contributed by atoms with Crippen LogP contribution in [0.3, 0.4) is 0 Å². The number of hydrogen-bond acceptors (Lipinski definition) is 4. The normalized spacial score (nSPS) is 22.5. The van der Waals surface area contributed by atoms with Crippen LogP contribution in [0.1, 0.15) is 46.5 Å². The molecular formula is C14H24N4. The van der Waals surface area contributed by atoms with Gasteiger partial charge in [-0.1, -0.05) is 26.7 Å². The van der Waals surface area contributed by atoms with E-state index in [-0.39, 0.29) is 0 Å². The van der Waals surface area contributed by atoms with Gasteiger partial charge in [0.2, 0.25) is 0 Å². The Bertz CT molecular complexity index is 389. The van der Waals surface area contributed by atoms with E-state index in [2.05, 4.69) is 41.4 Å². The second kappa shape index (κ2) is 5.55. The Morgan fingerprint density at radius 2 is 2.06 bits per heavy atom. The van der Waals surface area contributed by atoms with E-state index in [1.165, 1.54) is 25.7 Å². The Kier molecular flexibility index (Phi) is 4.04. The molecule has 1 aliphatic rings. The molecule has 1 fully saturated rings. The molecule has 0 radical (unpaired) electrons. The fraction of sp³-hybridized carbons (Fsp3) is 0.714. The lowest BCUT2D eigenvalue weighted by atomic mass is 9.73. The number of hydrogen-bond donors (Lipinski definition) is 2. The maximum atomic E-state index is 4.32. The van der Waals surface area contributed by atoms with E-state index in [9.17, 15) is 0 Å². The van der Waals surface area contributed by atoms with Crippen LogP contribution in [0.25, 0.3) is 0 Å². The summed E-state index contributed by atoms with van der Waals surface area (Å²) in [5.74, 6) is 1.82. The van der Waals surface area contributed by atoms with Crippen molar-refractivity contribution in [2.24, 2.45) is 5.41 Å². The van der Waals surface area contributed by atoms with Crippen LogP contribution in [-0.4, -0.2) is 22.6 Å². The Hall–Kier alpha value is -1.32. The summed E-state index contributed by atoms with van der Waals surface area (Å²) in [7, 11) is 0. The van der Waals surface area contributed by atoms with Crippen molar-refractivity contribution >= 4 is 11.6 Å². The van der Waals surface area contributed by atoms with Crippen molar-refractivity contribution in [3.63, 3.8) is 0 Å². The lowest BCUT2D eigenvalue weighted by Gasteiger charge is -2.39. The summed E-state index contributed by atoms with van der Waals surface area (Å²) >= 11 is 0. The van der Waals surface area contributed by atoms with Gasteiger partial charge in [0.25, 0.3) is 0 Å². The molecule has 0 aromatic carbocycles. The lowest BCUT2D eigenvalue weighted by molar-refractivity contribution is 0.216. The largest absolute Gasteiger partial charge is 0.370 e. The van der Waals surface area contributed by atoms with E-state index in [1.54, 1.807) is 6.33 Å². The topological polar surface area (TPSA) is 49.8 Å². The van der Waals surface area contributed by atoms with Crippen molar-refractivity contribution in [3.05, 3.63) is 12.4 Å². The summed E-state index contributed by atoms with van der Waals surface area (Å²) in [5.41, 5.74) is 0.349. The fourth-order valence-electron chi connectivity index (χ4n) is 2.65. The first-order valence-electron chi connectivity index (χ1n) is 6.94. The van der Waals surface area contributed by atoms with E-state index in [0.717, 1.165) is 18.2 Å². The summed E-state index contributed by atoms with van der Waals surface area (Å²) in [6.07, 6.45) is 6.79. The standard InChI is InChI=1S/C14H24N4/c1-4-15-12-9-13(17-10-16-12)18-11-7-5-6-8-14(11,2)3/h9-11H,4-8H2,1-3H3,(H2,15,16,17,18). The van der Waals surface area contributed by atoms with Crippen molar-refractivity contribution in [3.8, 4) is 0 Å². The van der Waals surface area contributed by atoms with Gasteiger partial charge in [0.15, 0.2) is 0 Å². The SMILES string of the molecule is CCNc1cc(NC2CCCCC2(C)C)ncn1. The van der Waals surface area contributed by atoms with Crippen LogP contribution in [0.5, 0.6) is 0 Å². The minimum Gasteiger partial charge on any atom is -0.370 e. The van der Waals surface area contributed by atoms with Gasteiger partial charge in [-0.3, -0.25) is 0 Å². The molecule has 4 heteroatoms. The molecule has 1 atom stereocenters. The molecule has 2 rings (SSSR count). The molecule has 100 valence electrons. The van der Waals surface area contributed by atoms with E-state index >= 15 is 0 Å². The third-order valence-corrected chi connectivity index (χ3v) is 3.85. The third kappa shape index (κ3) is 3.12. The van der Waals surface area contributed by atoms with Crippen LogP contribution < -0.4 is 10.6 Å². The van der Waals surface area contributed by atoms with Gasteiger partial charge in [-0.2, -0.15) is 0 Å². The van der Waals surface area contributed by atoms with E-state index in [1.807, 2.05) is 6.07 Å². The van der Waals surface area contributed by atoms with Crippen molar-refractivity contribution < 1.29 is 0 Å². The van der Waals surface area contributed by atoms with Gasteiger partial charge in [0, 0.05) is 18.7 Å². The Morgan fingerprint density at radius 3 is 2.78 bits per heavy atom. The first-order valence-corrected chi connectivity index (χ1v) is 6.94. The lowest BCUT2D eigenvalue weighted by Crippen LogP contribution is -2.39. The molecular weight excluding hydrogens is 224 g/mol.